The van der Waals surface area contributed by atoms with E-state index in [1.54, 1.807) is 0 Å². The van der Waals surface area contributed by atoms with Gasteiger partial charge >= 0.3 is 0 Å². The van der Waals surface area contributed by atoms with Crippen molar-refractivity contribution >= 4 is 6.21 Å². The summed E-state index contributed by atoms with van der Waals surface area (Å²) in [4.78, 5) is 4.22. The number of unbranched alkanes of at least 4 members (excludes halogenated alkanes) is 10. The highest BCUT2D eigenvalue weighted by atomic mass is 14.7. The maximum atomic E-state index is 5.35. The van der Waals surface area contributed by atoms with Crippen LogP contribution in [0.15, 0.2) is 4.99 Å². The molecular formula is C15H32N2. The van der Waals surface area contributed by atoms with E-state index in [2.05, 4.69) is 11.9 Å². The highest BCUT2D eigenvalue weighted by Crippen LogP contribution is 2.10. The Bertz CT molecular complexity index is 155. The first-order valence-corrected chi connectivity index (χ1v) is 7.60. The average molecular weight is 240 g/mol. The molecule has 0 saturated carbocycles. The summed E-state index contributed by atoms with van der Waals surface area (Å²) in [7, 11) is 0. The Kier molecular flexibility index (Phi) is 15.3. The van der Waals surface area contributed by atoms with Gasteiger partial charge in [-0.2, -0.15) is 0 Å². The quantitative estimate of drug-likeness (QED) is 0.378. The first-order chi connectivity index (χ1) is 8.41. The number of rotatable bonds is 13. The fourth-order valence-corrected chi connectivity index (χ4v) is 1.98. The second kappa shape index (κ2) is 15.6. The molecule has 2 N–H and O–H groups in total. The van der Waals surface area contributed by atoms with E-state index in [-0.39, 0.29) is 0 Å². The molecule has 0 aliphatic carbocycles. The number of nitrogens with zero attached hydrogens (tertiary/aromatic N) is 1. The van der Waals surface area contributed by atoms with Crippen molar-refractivity contribution in [3.63, 3.8) is 0 Å². The van der Waals surface area contributed by atoms with Gasteiger partial charge in [0.05, 0.1) is 6.54 Å². The van der Waals surface area contributed by atoms with E-state index in [0.29, 0.717) is 6.54 Å². The summed E-state index contributed by atoms with van der Waals surface area (Å²) in [6.07, 6.45) is 17.2. The molecule has 0 heterocycles. The minimum absolute atomic E-state index is 0.675. The van der Waals surface area contributed by atoms with Crippen LogP contribution in [0.2, 0.25) is 0 Å². The first kappa shape index (κ1) is 16.6. The Hall–Kier alpha value is -0.370. The molecule has 0 unspecified atom stereocenters. The number of hydrogen-bond acceptors (Lipinski definition) is 2. The Balaban J connectivity index is 2.94. The molecular weight excluding hydrogens is 208 g/mol. The minimum atomic E-state index is 0.675. The lowest BCUT2D eigenvalue weighted by Crippen LogP contribution is -2.02. The van der Waals surface area contributed by atoms with Gasteiger partial charge in [-0.05, 0) is 19.1 Å². The monoisotopic (exact) mass is 240 g/mol. The molecule has 17 heavy (non-hydrogen) atoms. The van der Waals surface area contributed by atoms with E-state index in [1.807, 2.05) is 6.21 Å². The summed E-state index contributed by atoms with van der Waals surface area (Å²) >= 11 is 0. The van der Waals surface area contributed by atoms with E-state index >= 15 is 0 Å². The molecule has 0 amide bonds. The zero-order chi connectivity index (χ0) is 12.6. The third kappa shape index (κ3) is 15.6. The molecule has 0 aliphatic heterocycles. The summed E-state index contributed by atoms with van der Waals surface area (Å²) in [6.45, 7) is 3.74. The Morgan fingerprint density at radius 2 is 1.35 bits per heavy atom. The van der Waals surface area contributed by atoms with Gasteiger partial charge in [0, 0.05) is 6.54 Å². The van der Waals surface area contributed by atoms with Gasteiger partial charge in [-0.3, -0.25) is 4.99 Å². The lowest BCUT2D eigenvalue weighted by Gasteiger charge is -2.01. The van der Waals surface area contributed by atoms with Gasteiger partial charge in [0.25, 0.3) is 0 Å². The second-order valence-corrected chi connectivity index (χ2v) is 4.85. The van der Waals surface area contributed by atoms with Crippen LogP contribution in [0.5, 0.6) is 0 Å². The molecule has 0 aromatic heterocycles. The van der Waals surface area contributed by atoms with Gasteiger partial charge in [0.1, 0.15) is 0 Å². The van der Waals surface area contributed by atoms with Crippen LogP contribution < -0.4 is 5.73 Å². The standard InChI is InChI=1S/C15H32N2/c1-2-3-4-5-6-7-8-9-10-11-12-14-17-15-13-16/h14H,2-13,15-16H2,1H3. The first-order valence-electron chi connectivity index (χ1n) is 7.60. The number of nitrogens with two attached hydrogens (primary N) is 1. The van der Waals surface area contributed by atoms with Crippen LogP contribution >= 0.6 is 0 Å². The number of aliphatic imine (C=N–C) groups is 1. The largest absolute Gasteiger partial charge is 0.329 e. The summed E-state index contributed by atoms with van der Waals surface area (Å²) in [5, 5.41) is 0. The molecule has 0 radical (unpaired) electrons. The minimum Gasteiger partial charge on any atom is -0.329 e. The lowest BCUT2D eigenvalue weighted by molar-refractivity contribution is 0.559. The summed E-state index contributed by atoms with van der Waals surface area (Å²) in [6, 6.07) is 0. The van der Waals surface area contributed by atoms with Crippen molar-refractivity contribution in [1.82, 2.24) is 0 Å². The summed E-state index contributed by atoms with van der Waals surface area (Å²) in [5.41, 5.74) is 5.35. The maximum absolute atomic E-state index is 5.35. The van der Waals surface area contributed by atoms with E-state index in [1.165, 1.54) is 64.2 Å². The topological polar surface area (TPSA) is 38.4 Å². The van der Waals surface area contributed by atoms with Crippen LogP contribution in [-0.4, -0.2) is 19.3 Å². The van der Waals surface area contributed by atoms with Crippen molar-refractivity contribution in [2.24, 2.45) is 10.7 Å². The van der Waals surface area contributed by atoms with E-state index in [4.69, 9.17) is 5.73 Å². The third-order valence-electron chi connectivity index (χ3n) is 3.07. The molecule has 0 fully saturated rings. The third-order valence-corrected chi connectivity index (χ3v) is 3.07. The van der Waals surface area contributed by atoms with Crippen molar-refractivity contribution in [2.45, 2.75) is 77.6 Å². The Labute approximate surface area is 108 Å². The molecule has 0 saturated heterocycles. The molecule has 0 spiro atoms. The van der Waals surface area contributed by atoms with Crippen molar-refractivity contribution in [2.75, 3.05) is 13.1 Å². The molecule has 2 heteroatoms. The van der Waals surface area contributed by atoms with Crippen LogP contribution in [0.1, 0.15) is 77.6 Å². The van der Waals surface area contributed by atoms with Gasteiger partial charge in [-0.15, -0.1) is 0 Å². The van der Waals surface area contributed by atoms with Crippen LogP contribution in [-0.2, 0) is 0 Å². The van der Waals surface area contributed by atoms with Crippen LogP contribution in [0.4, 0.5) is 0 Å². The second-order valence-electron chi connectivity index (χ2n) is 4.85. The molecule has 0 aliphatic rings. The maximum Gasteiger partial charge on any atom is 0.0508 e. The molecule has 0 aromatic carbocycles. The van der Waals surface area contributed by atoms with Crippen molar-refractivity contribution in [3.8, 4) is 0 Å². The summed E-state index contributed by atoms with van der Waals surface area (Å²) < 4.78 is 0. The van der Waals surface area contributed by atoms with E-state index in [0.717, 1.165) is 13.0 Å². The molecule has 2 nitrogen and oxygen atoms in total. The van der Waals surface area contributed by atoms with E-state index < -0.39 is 0 Å². The molecule has 0 atom stereocenters. The van der Waals surface area contributed by atoms with Gasteiger partial charge in [-0.25, -0.2) is 0 Å². The van der Waals surface area contributed by atoms with Gasteiger partial charge in [0.15, 0.2) is 0 Å². The van der Waals surface area contributed by atoms with Gasteiger partial charge in [0.2, 0.25) is 0 Å². The molecule has 0 bridgehead atoms. The molecule has 0 rings (SSSR count). The van der Waals surface area contributed by atoms with Crippen molar-refractivity contribution in [1.29, 1.82) is 0 Å². The van der Waals surface area contributed by atoms with Gasteiger partial charge < -0.3 is 5.73 Å². The zero-order valence-corrected chi connectivity index (χ0v) is 11.8. The van der Waals surface area contributed by atoms with Crippen molar-refractivity contribution in [3.05, 3.63) is 0 Å². The highest BCUT2D eigenvalue weighted by molar-refractivity contribution is 5.56. The average Bonchev–Trinajstić information content (AvgIpc) is 2.35. The Morgan fingerprint density at radius 1 is 0.824 bits per heavy atom. The number of hydrogen-bond donors (Lipinski definition) is 1. The fourth-order valence-electron chi connectivity index (χ4n) is 1.98. The zero-order valence-electron chi connectivity index (χ0n) is 11.8. The molecule has 102 valence electrons. The highest BCUT2D eigenvalue weighted by Gasteiger charge is 1.91. The SMILES string of the molecule is CCCCCCCCCCCCC=NCCN. The molecule has 0 aromatic rings. The van der Waals surface area contributed by atoms with Crippen LogP contribution in [0.3, 0.4) is 0 Å². The normalized spacial score (nSPS) is 11.4. The predicted octanol–water partition coefficient (Wildman–Crippen LogP) is 4.33. The van der Waals surface area contributed by atoms with Crippen molar-refractivity contribution < 1.29 is 0 Å². The fraction of sp³-hybridized carbons (Fsp3) is 0.933. The summed E-state index contributed by atoms with van der Waals surface area (Å²) in [5.74, 6) is 0. The van der Waals surface area contributed by atoms with Gasteiger partial charge in [-0.1, -0.05) is 64.7 Å². The van der Waals surface area contributed by atoms with E-state index in [9.17, 15) is 0 Å². The lowest BCUT2D eigenvalue weighted by atomic mass is 10.1. The van der Waals surface area contributed by atoms with Crippen LogP contribution in [0, 0.1) is 0 Å². The smallest absolute Gasteiger partial charge is 0.0508 e. The predicted molar refractivity (Wildman–Crippen MR) is 78.9 cm³/mol. The van der Waals surface area contributed by atoms with Crippen LogP contribution in [0.25, 0.3) is 0 Å². The Morgan fingerprint density at radius 3 is 1.88 bits per heavy atom.